The van der Waals surface area contributed by atoms with E-state index in [2.05, 4.69) is 14.8 Å². The van der Waals surface area contributed by atoms with Gasteiger partial charge in [-0.05, 0) is 42.3 Å². The Morgan fingerprint density at radius 2 is 1.93 bits per heavy atom. The van der Waals surface area contributed by atoms with Gasteiger partial charge in [-0.15, -0.1) is 0 Å². The molecule has 0 fully saturated rings. The number of halogens is 3. The summed E-state index contributed by atoms with van der Waals surface area (Å²) in [5.41, 5.74) is 1.01. The third kappa shape index (κ3) is 3.75. The lowest BCUT2D eigenvalue weighted by Crippen LogP contribution is -2.03. The van der Waals surface area contributed by atoms with Crippen LogP contribution in [0.2, 0.25) is 0 Å². The zero-order chi connectivity index (χ0) is 20.6. The van der Waals surface area contributed by atoms with E-state index in [4.69, 9.17) is 4.74 Å². The Bertz CT molecular complexity index is 1150. The molecular weight excluding hydrogens is 403 g/mol. The lowest BCUT2D eigenvalue weighted by Gasteiger charge is -2.13. The van der Waals surface area contributed by atoms with Crippen LogP contribution in [-0.2, 0) is 13.2 Å². The first-order valence-electron chi connectivity index (χ1n) is 8.50. The van der Waals surface area contributed by atoms with Gasteiger partial charge in [0.1, 0.15) is 11.4 Å². The maximum absolute atomic E-state index is 12.7. The predicted octanol–water partition coefficient (Wildman–Crippen LogP) is 4.91. The number of hydrogen-bond donors (Lipinski definition) is 1. The van der Waals surface area contributed by atoms with Gasteiger partial charge >= 0.3 is 6.18 Å². The number of nitrogens with one attached hydrogen (secondary N) is 1. The van der Waals surface area contributed by atoms with E-state index in [1.165, 1.54) is 11.9 Å². The highest BCUT2D eigenvalue weighted by Gasteiger charge is 2.32. The number of pyridine rings is 1. The molecular formula is C19H16F3N5OS. The molecule has 0 amide bonds. The molecule has 6 nitrogen and oxygen atoms in total. The van der Waals surface area contributed by atoms with Crippen molar-refractivity contribution in [3.05, 3.63) is 60.7 Å². The Hall–Kier alpha value is -3.14. The van der Waals surface area contributed by atoms with Crippen molar-refractivity contribution in [1.29, 1.82) is 0 Å². The Balaban J connectivity index is 1.54. The molecule has 3 aromatic heterocycles. The number of fused-ring (bicyclic) bond motifs is 1. The molecule has 0 radical (unpaired) electrons. The summed E-state index contributed by atoms with van der Waals surface area (Å²) in [7, 11) is 3.56. The lowest BCUT2D eigenvalue weighted by molar-refractivity contribution is -0.137. The van der Waals surface area contributed by atoms with Crippen LogP contribution in [0.15, 0.2) is 60.0 Å². The molecule has 0 saturated heterocycles. The van der Waals surface area contributed by atoms with Gasteiger partial charge in [0.25, 0.3) is 0 Å². The number of benzene rings is 1. The summed E-state index contributed by atoms with van der Waals surface area (Å²) in [5, 5.41) is 4.80. The molecule has 0 spiro atoms. The molecule has 10 heteroatoms. The third-order valence-corrected chi connectivity index (χ3v) is 5.14. The summed E-state index contributed by atoms with van der Waals surface area (Å²) in [4.78, 5) is 4.99. The number of ether oxygens (including phenoxy) is 1. The Kier molecular flexibility index (Phi) is 4.87. The summed E-state index contributed by atoms with van der Waals surface area (Å²) in [6, 6.07) is 9.26. The van der Waals surface area contributed by atoms with Crippen LogP contribution in [0.1, 0.15) is 5.56 Å². The van der Waals surface area contributed by atoms with Gasteiger partial charge in [0.15, 0.2) is 5.82 Å². The molecule has 0 atom stereocenters. The zero-order valence-electron chi connectivity index (χ0n) is 15.4. The molecule has 0 bridgehead atoms. The molecule has 150 valence electrons. The largest absolute Gasteiger partial charge is 0.494 e. The molecule has 0 aliphatic heterocycles. The topological polar surface area (TPSA) is 56.9 Å². The number of anilines is 1. The summed E-state index contributed by atoms with van der Waals surface area (Å²) >= 11 is 1.33. The predicted molar refractivity (Wildman–Crippen MR) is 105 cm³/mol. The molecule has 29 heavy (non-hydrogen) atoms. The summed E-state index contributed by atoms with van der Waals surface area (Å²) < 4.78 is 50.0. The zero-order valence-corrected chi connectivity index (χ0v) is 16.3. The van der Waals surface area contributed by atoms with Crippen LogP contribution in [-0.4, -0.2) is 26.4 Å². The van der Waals surface area contributed by atoms with Crippen molar-refractivity contribution in [2.24, 2.45) is 7.05 Å². The van der Waals surface area contributed by atoms with Crippen molar-refractivity contribution in [2.45, 2.75) is 11.1 Å². The third-order valence-electron chi connectivity index (χ3n) is 4.36. The molecule has 1 N–H and O–H groups in total. The van der Waals surface area contributed by atoms with Crippen LogP contribution in [0.5, 0.6) is 5.75 Å². The van der Waals surface area contributed by atoms with Gasteiger partial charge in [0, 0.05) is 35.9 Å². The van der Waals surface area contributed by atoms with Crippen LogP contribution in [0.3, 0.4) is 0 Å². The Morgan fingerprint density at radius 1 is 1.10 bits per heavy atom. The van der Waals surface area contributed by atoms with Crippen molar-refractivity contribution in [3.63, 3.8) is 0 Å². The second-order valence-corrected chi connectivity index (χ2v) is 7.11. The number of nitrogens with zero attached hydrogens (tertiary/aromatic N) is 4. The van der Waals surface area contributed by atoms with E-state index >= 15 is 0 Å². The van der Waals surface area contributed by atoms with Gasteiger partial charge < -0.3 is 14.0 Å². The van der Waals surface area contributed by atoms with Crippen molar-refractivity contribution in [1.82, 2.24) is 19.3 Å². The van der Waals surface area contributed by atoms with Crippen molar-refractivity contribution in [3.8, 4) is 11.6 Å². The second kappa shape index (κ2) is 7.36. The first kappa shape index (κ1) is 19.2. The number of methoxy groups -OCH3 is 1. The second-order valence-electron chi connectivity index (χ2n) is 6.23. The molecule has 3 heterocycles. The van der Waals surface area contributed by atoms with E-state index < -0.39 is 11.7 Å². The van der Waals surface area contributed by atoms with Gasteiger partial charge in [-0.25, -0.2) is 9.67 Å². The van der Waals surface area contributed by atoms with Gasteiger partial charge in [-0.3, -0.25) is 0 Å². The fourth-order valence-corrected chi connectivity index (χ4v) is 3.57. The van der Waals surface area contributed by atoms with E-state index in [1.54, 1.807) is 25.4 Å². The van der Waals surface area contributed by atoms with Crippen molar-refractivity contribution >= 4 is 28.5 Å². The highest BCUT2D eigenvalue weighted by atomic mass is 32.2. The number of aryl methyl sites for hydroxylation is 1. The van der Waals surface area contributed by atoms with Crippen LogP contribution >= 0.6 is 11.9 Å². The highest BCUT2D eigenvalue weighted by Crippen LogP contribution is 2.36. The van der Waals surface area contributed by atoms with Gasteiger partial charge in [0.2, 0.25) is 0 Å². The smallest absolute Gasteiger partial charge is 0.419 e. The van der Waals surface area contributed by atoms with E-state index in [9.17, 15) is 13.2 Å². The van der Waals surface area contributed by atoms with E-state index in [-0.39, 0.29) is 0 Å². The summed E-state index contributed by atoms with van der Waals surface area (Å²) in [6.45, 7) is 0. The van der Waals surface area contributed by atoms with E-state index in [0.717, 1.165) is 38.6 Å². The highest BCUT2D eigenvalue weighted by molar-refractivity contribution is 8.00. The Labute approximate surface area is 168 Å². The summed E-state index contributed by atoms with van der Waals surface area (Å²) in [5.74, 6) is 1.000. The lowest BCUT2D eigenvalue weighted by atomic mass is 10.2. The molecule has 4 rings (SSSR count). The fourth-order valence-electron chi connectivity index (χ4n) is 2.91. The SMILES string of the molecule is COc1ccc2ccn(C)c2c1NSc1ccc(-n2cc(C(F)(F)F)cn2)nc1. The molecule has 1 aromatic carbocycles. The quantitative estimate of drug-likeness (QED) is 0.466. The maximum atomic E-state index is 12.7. The molecule has 0 aliphatic rings. The first-order valence-corrected chi connectivity index (χ1v) is 9.31. The summed E-state index contributed by atoms with van der Waals surface area (Å²) in [6.07, 6.45) is 0.789. The number of alkyl halides is 3. The van der Waals surface area contributed by atoms with Crippen LogP contribution in [0.4, 0.5) is 18.9 Å². The monoisotopic (exact) mass is 419 g/mol. The molecule has 4 aromatic rings. The minimum absolute atomic E-state index is 0.298. The molecule has 0 saturated carbocycles. The first-order chi connectivity index (χ1) is 13.9. The van der Waals surface area contributed by atoms with Crippen molar-refractivity contribution < 1.29 is 17.9 Å². The minimum Gasteiger partial charge on any atom is -0.494 e. The number of rotatable bonds is 5. The van der Waals surface area contributed by atoms with Gasteiger partial charge in [-0.1, -0.05) is 0 Å². The normalized spacial score (nSPS) is 11.8. The van der Waals surface area contributed by atoms with Crippen molar-refractivity contribution in [2.75, 3.05) is 11.8 Å². The van der Waals surface area contributed by atoms with Crippen LogP contribution < -0.4 is 9.46 Å². The van der Waals surface area contributed by atoms with E-state index in [1.807, 2.05) is 36.0 Å². The van der Waals surface area contributed by atoms with Crippen LogP contribution in [0, 0.1) is 0 Å². The Morgan fingerprint density at radius 3 is 2.59 bits per heavy atom. The minimum atomic E-state index is -4.44. The average Bonchev–Trinajstić information content (AvgIpc) is 3.34. The van der Waals surface area contributed by atoms with Gasteiger partial charge in [0.05, 0.1) is 24.4 Å². The van der Waals surface area contributed by atoms with E-state index in [0.29, 0.717) is 11.6 Å². The fraction of sp³-hybridized carbons (Fsp3) is 0.158. The maximum Gasteiger partial charge on any atom is 0.419 e. The number of aromatic nitrogens is 4. The standard InChI is InChI=1S/C19H16F3N5OS/c1-26-8-7-12-3-5-15(28-2)17(18(12)26)25-29-14-4-6-16(23-10-14)27-11-13(9-24-27)19(20,21)22/h3-11,25H,1-2H3. The van der Waals surface area contributed by atoms with Gasteiger partial charge in [-0.2, -0.15) is 18.3 Å². The molecule has 0 unspecified atom stereocenters. The molecule has 0 aliphatic carbocycles. The van der Waals surface area contributed by atoms with Crippen LogP contribution in [0.25, 0.3) is 16.7 Å². The number of hydrogen-bond acceptors (Lipinski definition) is 5. The average molecular weight is 419 g/mol.